The summed E-state index contributed by atoms with van der Waals surface area (Å²) in [6.45, 7) is 0. The van der Waals surface area contributed by atoms with Crippen LogP contribution in [-0.2, 0) is 13.6 Å². The number of hydrogen-bond acceptors (Lipinski definition) is 9. The summed E-state index contributed by atoms with van der Waals surface area (Å²) in [4.78, 5) is 8.97. The zero-order valence-electron chi connectivity index (χ0n) is 8.11. The van der Waals surface area contributed by atoms with Crippen molar-refractivity contribution in [2.24, 2.45) is 0 Å². The number of aliphatic hydroxyl groups excluding tert-OH is 4. The van der Waals surface area contributed by atoms with Gasteiger partial charge < -0.3 is 35.5 Å². The summed E-state index contributed by atoms with van der Waals surface area (Å²) >= 11 is 0. The number of phosphoric acid groups is 1. The van der Waals surface area contributed by atoms with Gasteiger partial charge in [0, 0.05) is 0 Å². The Bertz CT molecular complexity index is 355. The molecule has 7 N–H and O–H groups in total. The first-order valence-corrected chi connectivity index (χ1v) is 5.96. The third-order valence-electron chi connectivity index (χ3n) is 2.82. The Kier molecular flexibility index (Phi) is 2.70. The molecule has 1 saturated heterocycles. The fourth-order valence-electron chi connectivity index (χ4n) is 1.87. The number of fused-ring (bicyclic) bond motifs is 1. The highest BCUT2D eigenvalue weighted by Crippen LogP contribution is 2.63. The van der Waals surface area contributed by atoms with E-state index in [0.29, 0.717) is 0 Å². The summed E-state index contributed by atoms with van der Waals surface area (Å²) in [5.74, 6) is -6.48. The normalized spacial score (nSPS) is 63.5. The van der Waals surface area contributed by atoms with Gasteiger partial charge in [-0.3, -0.25) is 0 Å². The lowest BCUT2D eigenvalue weighted by Crippen LogP contribution is -2.76. The maximum absolute atomic E-state index is 11.1. The van der Waals surface area contributed by atoms with Crippen molar-refractivity contribution in [3.63, 3.8) is 0 Å². The molecule has 1 unspecified atom stereocenters. The first-order valence-electron chi connectivity index (χ1n) is 4.46. The highest BCUT2D eigenvalue weighted by molar-refractivity contribution is 7.47. The summed E-state index contributed by atoms with van der Waals surface area (Å²) < 4.78 is 19.2. The maximum atomic E-state index is 11.1. The molecule has 1 aliphatic heterocycles. The van der Waals surface area contributed by atoms with Crippen LogP contribution in [0.25, 0.3) is 0 Å². The van der Waals surface area contributed by atoms with Crippen LogP contribution < -0.4 is 0 Å². The molecule has 2 fully saturated rings. The molecule has 7 atom stereocenters. The Morgan fingerprint density at radius 3 is 1.47 bits per heavy atom. The highest BCUT2D eigenvalue weighted by Gasteiger charge is 2.77. The lowest BCUT2D eigenvalue weighted by Gasteiger charge is -2.47. The minimum Gasteiger partial charge on any atom is -0.387 e. The predicted octanol–water partition coefficient (Wildman–Crippen LogP) is -4.03. The van der Waals surface area contributed by atoms with E-state index in [1.165, 1.54) is 0 Å². The summed E-state index contributed by atoms with van der Waals surface area (Å²) in [6, 6.07) is 0. The van der Waals surface area contributed by atoms with Crippen molar-refractivity contribution in [2.45, 2.75) is 36.0 Å². The zero-order valence-corrected chi connectivity index (χ0v) is 9.01. The van der Waals surface area contributed by atoms with E-state index >= 15 is 0 Å². The third-order valence-corrected chi connectivity index (χ3v) is 3.84. The number of rotatable bonds is 0. The van der Waals surface area contributed by atoms with Crippen molar-refractivity contribution < 1.29 is 49.1 Å². The van der Waals surface area contributed by atoms with Crippen LogP contribution in [0, 0.1) is 0 Å². The number of aliphatic hydroxyl groups is 6. The smallest absolute Gasteiger partial charge is 0.387 e. The summed E-state index contributed by atoms with van der Waals surface area (Å²) in [5.41, 5.74) is 0. The van der Waals surface area contributed by atoms with E-state index in [4.69, 9.17) is 4.89 Å². The SMILES string of the molecule is O=P1(O)O[C@@]2(O)[C@@H](O)[C@H](O)[C@@H](O)[C@@H](O)[C@@]2(O)O1. The Hall–Kier alpha value is -0.130. The van der Waals surface area contributed by atoms with E-state index in [2.05, 4.69) is 9.05 Å². The molecule has 1 heterocycles. The van der Waals surface area contributed by atoms with E-state index in [1.54, 1.807) is 0 Å². The Morgan fingerprint density at radius 2 is 1.18 bits per heavy atom. The Balaban J connectivity index is 2.53. The second-order valence-corrected chi connectivity index (χ2v) is 5.22. The molecule has 1 saturated carbocycles. The standard InChI is InChI=1S/C6H11O10P/c7-1-2(8)4(10)6(12)5(11,3(1)9)15-17(13,14)16-6/h1-4,7-12H,(H,13,14)/t1-,2-,3-,4+,5-,6+/m1/s1. The summed E-state index contributed by atoms with van der Waals surface area (Å²) in [7, 11) is -4.95. The van der Waals surface area contributed by atoms with Crippen LogP contribution in [0.5, 0.6) is 0 Å². The average Bonchev–Trinajstić information content (AvgIpc) is 2.41. The fraction of sp³-hybridized carbons (Fsp3) is 1.00. The van der Waals surface area contributed by atoms with Crippen molar-refractivity contribution in [1.82, 2.24) is 0 Å². The van der Waals surface area contributed by atoms with Gasteiger partial charge in [-0.2, -0.15) is 0 Å². The topological polar surface area (TPSA) is 177 Å². The van der Waals surface area contributed by atoms with Crippen molar-refractivity contribution in [1.29, 1.82) is 0 Å². The molecule has 0 aromatic heterocycles. The minimum atomic E-state index is -4.95. The maximum Gasteiger partial charge on any atom is 0.477 e. The van der Waals surface area contributed by atoms with Crippen LogP contribution in [0.3, 0.4) is 0 Å². The lowest BCUT2D eigenvalue weighted by atomic mass is 9.79. The molecular weight excluding hydrogens is 263 g/mol. The number of hydrogen-bond donors (Lipinski definition) is 7. The van der Waals surface area contributed by atoms with Gasteiger partial charge >= 0.3 is 7.82 Å². The van der Waals surface area contributed by atoms with Gasteiger partial charge in [0.05, 0.1) is 0 Å². The quantitative estimate of drug-likeness (QED) is 0.215. The molecular formula is C6H11O10P. The third kappa shape index (κ3) is 1.52. The Morgan fingerprint density at radius 1 is 0.882 bits per heavy atom. The average molecular weight is 274 g/mol. The molecule has 10 nitrogen and oxygen atoms in total. The minimum absolute atomic E-state index is 2.11. The largest absolute Gasteiger partial charge is 0.477 e. The van der Waals surface area contributed by atoms with Gasteiger partial charge in [-0.05, 0) is 0 Å². The van der Waals surface area contributed by atoms with Crippen LogP contribution in [0.2, 0.25) is 0 Å². The second-order valence-electron chi connectivity index (χ2n) is 3.91. The lowest BCUT2D eigenvalue weighted by molar-refractivity contribution is -0.400. The first-order chi connectivity index (χ1) is 7.55. The molecule has 2 rings (SSSR count). The molecule has 1 aliphatic carbocycles. The van der Waals surface area contributed by atoms with E-state index < -0.39 is 43.8 Å². The van der Waals surface area contributed by atoms with Crippen molar-refractivity contribution in [3.05, 3.63) is 0 Å². The predicted molar refractivity (Wildman–Crippen MR) is 45.9 cm³/mol. The van der Waals surface area contributed by atoms with Crippen LogP contribution in [0.4, 0.5) is 0 Å². The van der Waals surface area contributed by atoms with Gasteiger partial charge in [0.25, 0.3) is 11.6 Å². The second kappa shape index (κ2) is 3.45. The number of phosphoric ester groups is 1. The molecule has 0 aromatic carbocycles. The van der Waals surface area contributed by atoms with E-state index in [-0.39, 0.29) is 0 Å². The molecule has 0 amide bonds. The fourth-order valence-corrected chi connectivity index (χ4v) is 3.09. The first kappa shape index (κ1) is 13.3. The van der Waals surface area contributed by atoms with Crippen molar-refractivity contribution >= 4 is 7.82 Å². The molecule has 2 aliphatic rings. The monoisotopic (exact) mass is 274 g/mol. The molecule has 11 heteroatoms. The molecule has 0 spiro atoms. The van der Waals surface area contributed by atoms with Gasteiger partial charge in [-0.25, -0.2) is 13.6 Å². The molecule has 0 radical (unpaired) electrons. The van der Waals surface area contributed by atoms with E-state index in [0.717, 1.165) is 0 Å². The summed E-state index contributed by atoms with van der Waals surface area (Å²) in [5, 5.41) is 56.8. The molecule has 0 bridgehead atoms. The van der Waals surface area contributed by atoms with E-state index in [1.807, 2.05) is 0 Å². The summed E-state index contributed by atoms with van der Waals surface area (Å²) in [6.07, 6.45) is -8.96. The molecule has 0 aromatic rings. The highest BCUT2D eigenvalue weighted by atomic mass is 31.2. The van der Waals surface area contributed by atoms with Crippen LogP contribution in [-0.4, -0.2) is 71.5 Å². The van der Waals surface area contributed by atoms with Gasteiger partial charge in [0.2, 0.25) is 0 Å². The Labute approximate surface area is 93.9 Å². The van der Waals surface area contributed by atoms with Gasteiger partial charge in [0.15, 0.2) is 0 Å². The van der Waals surface area contributed by atoms with Gasteiger partial charge in [-0.15, -0.1) is 0 Å². The zero-order chi connectivity index (χ0) is 13.2. The van der Waals surface area contributed by atoms with Crippen molar-refractivity contribution in [2.75, 3.05) is 0 Å². The van der Waals surface area contributed by atoms with Crippen molar-refractivity contribution in [3.8, 4) is 0 Å². The molecule has 100 valence electrons. The van der Waals surface area contributed by atoms with Gasteiger partial charge in [-0.1, -0.05) is 0 Å². The van der Waals surface area contributed by atoms with Gasteiger partial charge in [0.1, 0.15) is 24.4 Å². The van der Waals surface area contributed by atoms with E-state index in [9.17, 15) is 35.2 Å². The molecule has 17 heavy (non-hydrogen) atoms. The van der Waals surface area contributed by atoms with Crippen LogP contribution in [0.15, 0.2) is 0 Å². The van der Waals surface area contributed by atoms with Crippen LogP contribution >= 0.6 is 7.82 Å². The van der Waals surface area contributed by atoms with Crippen LogP contribution in [0.1, 0.15) is 0 Å².